The van der Waals surface area contributed by atoms with Crippen molar-refractivity contribution in [2.24, 2.45) is 0 Å². The van der Waals surface area contributed by atoms with Gasteiger partial charge in [-0.2, -0.15) is 0 Å². The minimum atomic E-state index is -0.921. The Morgan fingerprint density at radius 3 is 2.21 bits per heavy atom. The molecule has 0 aromatic heterocycles. The van der Waals surface area contributed by atoms with Crippen LogP contribution >= 0.6 is 0 Å². The maximum atomic E-state index is 11.8. The Morgan fingerprint density at radius 1 is 1.08 bits per heavy atom. The van der Waals surface area contributed by atoms with Crippen molar-refractivity contribution in [1.29, 1.82) is 0 Å². The van der Waals surface area contributed by atoms with Gasteiger partial charge in [0, 0.05) is 30.9 Å². The molecule has 0 radical (unpaired) electrons. The molecule has 2 N–H and O–H groups in total. The zero-order valence-corrected chi connectivity index (χ0v) is 13.5. The standard InChI is InChI=1S/C19H20N2O3/c1-13(22)21(18-10-11-18)17-8-6-16(7-9-17)20-12-14-2-4-15(5-3-14)19(23)24/h2-9,18,20H,10-12H2,1H3,(H,23,24). The summed E-state index contributed by atoms with van der Waals surface area (Å²) in [6.45, 7) is 2.21. The lowest BCUT2D eigenvalue weighted by Crippen LogP contribution is -2.30. The normalized spacial score (nSPS) is 13.4. The number of nitrogens with zero attached hydrogens (tertiary/aromatic N) is 1. The van der Waals surface area contributed by atoms with Gasteiger partial charge in [-0.05, 0) is 54.8 Å². The molecule has 0 spiro atoms. The molecule has 0 heterocycles. The number of aromatic carboxylic acids is 1. The Balaban J connectivity index is 1.61. The number of amides is 1. The Morgan fingerprint density at radius 2 is 1.71 bits per heavy atom. The third-order valence-electron chi connectivity index (χ3n) is 4.09. The molecule has 1 aliphatic rings. The van der Waals surface area contributed by atoms with E-state index in [-0.39, 0.29) is 11.5 Å². The van der Waals surface area contributed by atoms with E-state index in [4.69, 9.17) is 5.11 Å². The lowest BCUT2D eigenvalue weighted by molar-refractivity contribution is -0.116. The molecule has 5 heteroatoms. The maximum absolute atomic E-state index is 11.8. The highest BCUT2D eigenvalue weighted by Crippen LogP contribution is 2.32. The van der Waals surface area contributed by atoms with Crippen LogP contribution in [-0.4, -0.2) is 23.0 Å². The van der Waals surface area contributed by atoms with E-state index in [1.807, 2.05) is 29.2 Å². The van der Waals surface area contributed by atoms with E-state index in [0.717, 1.165) is 29.8 Å². The molecule has 3 rings (SSSR count). The summed E-state index contributed by atoms with van der Waals surface area (Å²) in [6, 6.07) is 15.0. The van der Waals surface area contributed by atoms with Crippen molar-refractivity contribution in [3.63, 3.8) is 0 Å². The highest BCUT2D eigenvalue weighted by molar-refractivity contribution is 5.92. The third-order valence-corrected chi connectivity index (χ3v) is 4.09. The van der Waals surface area contributed by atoms with Crippen LogP contribution in [0.1, 0.15) is 35.7 Å². The molecule has 1 fully saturated rings. The molecule has 2 aromatic carbocycles. The molecular weight excluding hydrogens is 304 g/mol. The summed E-state index contributed by atoms with van der Waals surface area (Å²) in [5, 5.41) is 12.2. The van der Waals surface area contributed by atoms with Crippen LogP contribution in [0.3, 0.4) is 0 Å². The van der Waals surface area contributed by atoms with Gasteiger partial charge in [0.2, 0.25) is 5.91 Å². The number of carboxylic acids is 1. The van der Waals surface area contributed by atoms with Gasteiger partial charge in [-0.1, -0.05) is 12.1 Å². The second-order valence-electron chi connectivity index (χ2n) is 6.02. The van der Waals surface area contributed by atoms with E-state index < -0.39 is 5.97 Å². The summed E-state index contributed by atoms with van der Waals surface area (Å²) in [7, 11) is 0. The molecule has 0 saturated heterocycles. The van der Waals surface area contributed by atoms with Crippen molar-refractivity contribution in [1.82, 2.24) is 0 Å². The van der Waals surface area contributed by atoms with E-state index in [0.29, 0.717) is 12.6 Å². The second-order valence-corrected chi connectivity index (χ2v) is 6.02. The SMILES string of the molecule is CC(=O)N(c1ccc(NCc2ccc(C(=O)O)cc2)cc1)C1CC1. The zero-order chi connectivity index (χ0) is 17.1. The van der Waals surface area contributed by atoms with Gasteiger partial charge in [0.15, 0.2) is 0 Å². The molecule has 5 nitrogen and oxygen atoms in total. The molecule has 0 aliphatic heterocycles. The van der Waals surface area contributed by atoms with Gasteiger partial charge in [-0.3, -0.25) is 4.79 Å². The number of nitrogens with one attached hydrogen (secondary N) is 1. The van der Waals surface area contributed by atoms with Gasteiger partial charge in [-0.15, -0.1) is 0 Å². The molecule has 2 aromatic rings. The molecule has 0 unspecified atom stereocenters. The molecule has 0 atom stereocenters. The minimum Gasteiger partial charge on any atom is -0.478 e. The quantitative estimate of drug-likeness (QED) is 0.853. The van der Waals surface area contributed by atoms with Gasteiger partial charge in [0.1, 0.15) is 0 Å². The fourth-order valence-corrected chi connectivity index (χ4v) is 2.69. The second kappa shape index (κ2) is 6.74. The van der Waals surface area contributed by atoms with Crippen molar-refractivity contribution in [3.05, 3.63) is 59.7 Å². The average molecular weight is 324 g/mol. The number of benzene rings is 2. The van der Waals surface area contributed by atoms with Crippen LogP contribution in [0.15, 0.2) is 48.5 Å². The largest absolute Gasteiger partial charge is 0.478 e. The van der Waals surface area contributed by atoms with Crippen molar-refractivity contribution in [3.8, 4) is 0 Å². The van der Waals surface area contributed by atoms with Gasteiger partial charge in [-0.25, -0.2) is 4.79 Å². The van der Waals surface area contributed by atoms with Crippen molar-refractivity contribution in [2.45, 2.75) is 32.4 Å². The summed E-state index contributed by atoms with van der Waals surface area (Å²) >= 11 is 0. The first-order valence-corrected chi connectivity index (χ1v) is 8.00. The number of hydrogen-bond donors (Lipinski definition) is 2. The monoisotopic (exact) mass is 324 g/mol. The van der Waals surface area contributed by atoms with Crippen LogP contribution in [0.2, 0.25) is 0 Å². The molecule has 24 heavy (non-hydrogen) atoms. The zero-order valence-electron chi connectivity index (χ0n) is 13.5. The highest BCUT2D eigenvalue weighted by Gasteiger charge is 2.31. The number of carbonyl (C=O) groups is 2. The molecular formula is C19H20N2O3. The number of carboxylic acid groups (broad SMARTS) is 1. The van der Waals surface area contributed by atoms with Gasteiger partial charge in [0.25, 0.3) is 0 Å². The van der Waals surface area contributed by atoms with E-state index in [2.05, 4.69) is 5.32 Å². The van der Waals surface area contributed by atoms with Crippen LogP contribution in [0.5, 0.6) is 0 Å². The number of hydrogen-bond acceptors (Lipinski definition) is 3. The summed E-state index contributed by atoms with van der Waals surface area (Å²) in [5.74, 6) is -0.840. The lowest BCUT2D eigenvalue weighted by Gasteiger charge is -2.21. The minimum absolute atomic E-state index is 0.0803. The molecule has 1 saturated carbocycles. The maximum Gasteiger partial charge on any atom is 0.335 e. The van der Waals surface area contributed by atoms with Crippen molar-refractivity contribution < 1.29 is 14.7 Å². The number of anilines is 2. The van der Waals surface area contributed by atoms with E-state index in [1.54, 1.807) is 31.2 Å². The summed E-state index contributed by atoms with van der Waals surface area (Å²) in [4.78, 5) is 24.5. The molecule has 0 bridgehead atoms. The number of rotatable bonds is 6. The van der Waals surface area contributed by atoms with E-state index in [1.165, 1.54) is 0 Å². The Labute approximate surface area is 140 Å². The third kappa shape index (κ3) is 3.74. The lowest BCUT2D eigenvalue weighted by atomic mass is 10.1. The summed E-state index contributed by atoms with van der Waals surface area (Å²) in [5.41, 5.74) is 3.18. The predicted molar refractivity (Wildman–Crippen MR) is 93.4 cm³/mol. The fraction of sp³-hybridized carbons (Fsp3) is 0.263. The molecule has 1 amide bonds. The molecule has 1 aliphatic carbocycles. The first-order valence-electron chi connectivity index (χ1n) is 8.00. The van der Waals surface area contributed by atoms with Crippen molar-refractivity contribution in [2.75, 3.05) is 10.2 Å². The number of carbonyl (C=O) groups excluding carboxylic acids is 1. The van der Waals surface area contributed by atoms with Gasteiger partial charge in [0.05, 0.1) is 5.56 Å². The van der Waals surface area contributed by atoms with Gasteiger partial charge < -0.3 is 15.3 Å². The van der Waals surface area contributed by atoms with Crippen LogP contribution in [0.4, 0.5) is 11.4 Å². The Hall–Kier alpha value is -2.82. The van der Waals surface area contributed by atoms with Crippen LogP contribution in [0.25, 0.3) is 0 Å². The Bertz CT molecular complexity index is 734. The van der Waals surface area contributed by atoms with E-state index in [9.17, 15) is 9.59 Å². The highest BCUT2D eigenvalue weighted by atomic mass is 16.4. The van der Waals surface area contributed by atoms with Crippen LogP contribution in [0, 0.1) is 0 Å². The van der Waals surface area contributed by atoms with Crippen LogP contribution in [-0.2, 0) is 11.3 Å². The summed E-state index contributed by atoms with van der Waals surface area (Å²) in [6.07, 6.45) is 2.15. The van der Waals surface area contributed by atoms with Crippen LogP contribution < -0.4 is 10.2 Å². The summed E-state index contributed by atoms with van der Waals surface area (Å²) < 4.78 is 0. The van der Waals surface area contributed by atoms with E-state index >= 15 is 0 Å². The van der Waals surface area contributed by atoms with Crippen molar-refractivity contribution >= 4 is 23.3 Å². The fourth-order valence-electron chi connectivity index (χ4n) is 2.69. The first-order chi connectivity index (χ1) is 11.5. The smallest absolute Gasteiger partial charge is 0.335 e. The average Bonchev–Trinajstić information content (AvgIpc) is 3.39. The Kier molecular flexibility index (Phi) is 4.51. The topological polar surface area (TPSA) is 69.6 Å². The first kappa shape index (κ1) is 16.1. The molecule has 124 valence electrons. The van der Waals surface area contributed by atoms with Gasteiger partial charge >= 0.3 is 5.97 Å². The predicted octanol–water partition coefficient (Wildman–Crippen LogP) is 3.51.